The van der Waals surface area contributed by atoms with Gasteiger partial charge in [0.1, 0.15) is 11.0 Å². The lowest BCUT2D eigenvalue weighted by Gasteiger charge is -2.09. The zero-order valence-electron chi connectivity index (χ0n) is 11.5. The fourth-order valence-electron chi connectivity index (χ4n) is 2.01. The Kier molecular flexibility index (Phi) is 3.61. The van der Waals surface area contributed by atoms with E-state index < -0.39 is 0 Å². The molecular formula is C15H12ClN3OS. The molecule has 1 N–H and O–H groups in total. The van der Waals surface area contributed by atoms with Gasteiger partial charge in [-0.05, 0) is 49.2 Å². The van der Waals surface area contributed by atoms with Crippen molar-refractivity contribution in [1.29, 1.82) is 0 Å². The van der Waals surface area contributed by atoms with Crippen LogP contribution in [0.15, 0.2) is 30.3 Å². The van der Waals surface area contributed by atoms with Crippen molar-refractivity contribution in [2.75, 3.05) is 5.32 Å². The molecule has 1 heterocycles. The molecule has 106 valence electrons. The van der Waals surface area contributed by atoms with Crippen LogP contribution in [0.1, 0.15) is 21.5 Å². The number of nitrogens with one attached hydrogen (secondary N) is 1. The average Bonchev–Trinajstić information content (AvgIpc) is 2.93. The highest BCUT2D eigenvalue weighted by Crippen LogP contribution is 2.30. The highest BCUT2D eigenvalue weighted by atomic mass is 35.5. The molecule has 6 heteroatoms. The molecule has 0 aliphatic carbocycles. The van der Waals surface area contributed by atoms with E-state index in [2.05, 4.69) is 14.1 Å². The molecule has 3 aromatic rings. The van der Waals surface area contributed by atoms with Crippen LogP contribution >= 0.6 is 23.3 Å². The third-order valence-electron chi connectivity index (χ3n) is 3.38. The highest BCUT2D eigenvalue weighted by molar-refractivity contribution is 7.00. The molecule has 0 fully saturated rings. The number of amides is 1. The SMILES string of the molecule is Cc1ccc(C(=O)Nc2c(Cl)ccc3nsnc23)cc1C. The number of rotatable bonds is 2. The van der Waals surface area contributed by atoms with E-state index >= 15 is 0 Å². The molecule has 0 aliphatic heterocycles. The lowest BCUT2D eigenvalue weighted by molar-refractivity contribution is 0.102. The van der Waals surface area contributed by atoms with Crippen LogP contribution in [0, 0.1) is 13.8 Å². The van der Waals surface area contributed by atoms with E-state index in [0.29, 0.717) is 21.8 Å². The van der Waals surface area contributed by atoms with Crippen LogP contribution in [0.25, 0.3) is 11.0 Å². The summed E-state index contributed by atoms with van der Waals surface area (Å²) in [7, 11) is 0. The van der Waals surface area contributed by atoms with Crippen LogP contribution in [0.2, 0.25) is 5.02 Å². The summed E-state index contributed by atoms with van der Waals surface area (Å²) in [6, 6.07) is 9.08. The van der Waals surface area contributed by atoms with Gasteiger partial charge in [-0.1, -0.05) is 17.7 Å². The van der Waals surface area contributed by atoms with Gasteiger partial charge in [0.05, 0.1) is 22.4 Å². The minimum atomic E-state index is -0.208. The third-order valence-corrected chi connectivity index (χ3v) is 4.24. The number of hydrogen-bond acceptors (Lipinski definition) is 4. The molecule has 4 nitrogen and oxygen atoms in total. The molecule has 21 heavy (non-hydrogen) atoms. The fourth-order valence-corrected chi connectivity index (χ4v) is 2.76. The third kappa shape index (κ3) is 2.62. The number of nitrogens with zero attached hydrogens (tertiary/aromatic N) is 2. The van der Waals surface area contributed by atoms with Gasteiger partial charge in [0.15, 0.2) is 0 Å². The first-order valence-corrected chi connectivity index (χ1v) is 7.46. The van der Waals surface area contributed by atoms with Crippen LogP contribution in [0.5, 0.6) is 0 Å². The van der Waals surface area contributed by atoms with Gasteiger partial charge in [-0.15, -0.1) is 0 Å². The smallest absolute Gasteiger partial charge is 0.255 e. The zero-order chi connectivity index (χ0) is 15.0. The van der Waals surface area contributed by atoms with E-state index in [1.165, 1.54) is 0 Å². The first kappa shape index (κ1) is 14.0. The molecule has 0 atom stereocenters. The lowest BCUT2D eigenvalue weighted by Crippen LogP contribution is -2.13. The van der Waals surface area contributed by atoms with E-state index in [1.54, 1.807) is 18.2 Å². The maximum absolute atomic E-state index is 12.4. The number of carbonyl (C=O) groups excluding carboxylic acids is 1. The molecule has 1 amide bonds. The second-order valence-electron chi connectivity index (χ2n) is 4.81. The number of carbonyl (C=O) groups is 1. The Hall–Kier alpha value is -1.98. The second kappa shape index (κ2) is 5.42. The van der Waals surface area contributed by atoms with Gasteiger partial charge >= 0.3 is 0 Å². The van der Waals surface area contributed by atoms with E-state index in [4.69, 9.17) is 11.6 Å². The van der Waals surface area contributed by atoms with Crippen molar-refractivity contribution in [1.82, 2.24) is 8.75 Å². The number of benzene rings is 2. The summed E-state index contributed by atoms with van der Waals surface area (Å²) in [6.45, 7) is 3.99. The molecule has 0 radical (unpaired) electrons. The summed E-state index contributed by atoms with van der Waals surface area (Å²) in [4.78, 5) is 12.4. The molecule has 0 spiro atoms. The molecule has 3 rings (SSSR count). The number of aryl methyl sites for hydroxylation is 2. The van der Waals surface area contributed by atoms with Crippen molar-refractivity contribution >= 4 is 46.0 Å². The highest BCUT2D eigenvalue weighted by Gasteiger charge is 2.14. The first-order valence-electron chi connectivity index (χ1n) is 6.35. The summed E-state index contributed by atoms with van der Waals surface area (Å²) in [5.41, 5.74) is 4.66. The molecule has 0 bridgehead atoms. The van der Waals surface area contributed by atoms with Gasteiger partial charge in [-0.25, -0.2) is 0 Å². The van der Waals surface area contributed by atoms with Gasteiger partial charge in [0.25, 0.3) is 5.91 Å². The normalized spacial score (nSPS) is 10.8. The van der Waals surface area contributed by atoms with Crippen LogP contribution < -0.4 is 5.32 Å². The average molecular weight is 318 g/mol. The first-order chi connectivity index (χ1) is 10.1. The minimum absolute atomic E-state index is 0.208. The van der Waals surface area contributed by atoms with E-state index in [9.17, 15) is 4.79 Å². The Balaban J connectivity index is 1.98. The Labute approximate surface area is 131 Å². The maximum atomic E-state index is 12.4. The number of hydrogen-bond donors (Lipinski definition) is 1. The Morgan fingerprint density at radius 2 is 1.95 bits per heavy atom. The monoisotopic (exact) mass is 317 g/mol. The number of aromatic nitrogens is 2. The molecule has 0 unspecified atom stereocenters. The van der Waals surface area contributed by atoms with Crippen molar-refractivity contribution in [3.63, 3.8) is 0 Å². The summed E-state index contributed by atoms with van der Waals surface area (Å²) in [6.07, 6.45) is 0. The summed E-state index contributed by atoms with van der Waals surface area (Å²) >= 11 is 7.26. The van der Waals surface area contributed by atoms with E-state index in [-0.39, 0.29) is 5.91 Å². The van der Waals surface area contributed by atoms with Gasteiger partial charge in [0.2, 0.25) is 0 Å². The molecule has 0 aliphatic rings. The second-order valence-corrected chi connectivity index (χ2v) is 5.74. The quantitative estimate of drug-likeness (QED) is 0.770. The van der Waals surface area contributed by atoms with E-state index in [0.717, 1.165) is 28.4 Å². The minimum Gasteiger partial charge on any atom is -0.319 e. The molecule has 2 aromatic carbocycles. The van der Waals surface area contributed by atoms with Gasteiger partial charge in [0, 0.05) is 5.56 Å². The van der Waals surface area contributed by atoms with Gasteiger partial charge in [-0.3, -0.25) is 4.79 Å². The van der Waals surface area contributed by atoms with E-state index in [1.807, 2.05) is 26.0 Å². The van der Waals surface area contributed by atoms with Crippen LogP contribution in [0.3, 0.4) is 0 Å². The lowest BCUT2D eigenvalue weighted by atomic mass is 10.1. The number of halogens is 1. The van der Waals surface area contributed by atoms with Gasteiger partial charge in [-0.2, -0.15) is 8.75 Å². The molecule has 1 aromatic heterocycles. The van der Waals surface area contributed by atoms with Crippen molar-refractivity contribution in [3.8, 4) is 0 Å². The maximum Gasteiger partial charge on any atom is 0.255 e. The fraction of sp³-hybridized carbons (Fsp3) is 0.133. The summed E-state index contributed by atoms with van der Waals surface area (Å²) in [5.74, 6) is -0.208. The topological polar surface area (TPSA) is 54.9 Å². The van der Waals surface area contributed by atoms with Crippen molar-refractivity contribution in [2.24, 2.45) is 0 Å². The van der Waals surface area contributed by atoms with Crippen LogP contribution in [-0.4, -0.2) is 14.7 Å². The molecular weight excluding hydrogens is 306 g/mol. The Morgan fingerprint density at radius 1 is 1.14 bits per heavy atom. The van der Waals surface area contributed by atoms with Crippen molar-refractivity contribution < 1.29 is 4.79 Å². The van der Waals surface area contributed by atoms with Crippen molar-refractivity contribution in [2.45, 2.75) is 13.8 Å². The van der Waals surface area contributed by atoms with Gasteiger partial charge < -0.3 is 5.32 Å². The Morgan fingerprint density at radius 3 is 2.71 bits per heavy atom. The largest absolute Gasteiger partial charge is 0.319 e. The van der Waals surface area contributed by atoms with Crippen molar-refractivity contribution in [3.05, 3.63) is 52.0 Å². The predicted molar refractivity (Wildman–Crippen MR) is 86.3 cm³/mol. The van der Waals surface area contributed by atoms with Crippen LogP contribution in [0.4, 0.5) is 5.69 Å². The summed E-state index contributed by atoms with van der Waals surface area (Å²) in [5, 5.41) is 3.29. The molecule has 0 saturated heterocycles. The molecule has 0 saturated carbocycles. The Bertz CT molecular complexity index is 844. The number of fused-ring (bicyclic) bond motifs is 1. The predicted octanol–water partition coefficient (Wildman–Crippen LogP) is 4.21. The zero-order valence-corrected chi connectivity index (χ0v) is 13.0. The standard InChI is InChI=1S/C15H12ClN3OS/c1-8-3-4-10(7-9(8)2)15(20)17-13-11(16)5-6-12-14(13)19-21-18-12/h3-7H,1-2H3,(H,17,20). The number of anilines is 1. The van der Waals surface area contributed by atoms with Crippen LogP contribution in [-0.2, 0) is 0 Å². The summed E-state index contributed by atoms with van der Waals surface area (Å²) < 4.78 is 8.34.